The third-order valence-electron chi connectivity index (χ3n) is 2.89. The van der Waals surface area contributed by atoms with Crippen LogP contribution in [0.4, 0.5) is 0 Å². The lowest BCUT2D eigenvalue weighted by Gasteiger charge is -2.17. The van der Waals surface area contributed by atoms with Crippen molar-refractivity contribution in [1.82, 2.24) is 15.1 Å². The minimum atomic E-state index is -0.513. The van der Waals surface area contributed by atoms with Crippen molar-refractivity contribution in [3.8, 4) is 0 Å². The molecule has 0 bridgehead atoms. The van der Waals surface area contributed by atoms with Gasteiger partial charge >= 0.3 is 0 Å². The lowest BCUT2D eigenvalue weighted by Crippen LogP contribution is -2.33. The molecule has 0 saturated heterocycles. The van der Waals surface area contributed by atoms with E-state index in [0.717, 1.165) is 30.5 Å². The Hall–Kier alpha value is -1.36. The van der Waals surface area contributed by atoms with Crippen molar-refractivity contribution in [2.45, 2.75) is 32.3 Å². The first kappa shape index (κ1) is 11.1. The summed E-state index contributed by atoms with van der Waals surface area (Å²) in [5.41, 5.74) is 2.67. The number of H-pyrrole nitrogens is 1. The number of amides is 1. The van der Waals surface area contributed by atoms with Crippen molar-refractivity contribution in [3.63, 3.8) is 0 Å². The SMILES string of the molecule is CC(O)CN(C)C(=O)c1n[nH]c2c1CCC2. The second-order valence-corrected chi connectivity index (χ2v) is 4.42. The number of hydrogen-bond donors (Lipinski definition) is 2. The molecule has 0 fully saturated rings. The molecule has 16 heavy (non-hydrogen) atoms. The van der Waals surface area contributed by atoms with E-state index in [4.69, 9.17) is 0 Å². The van der Waals surface area contributed by atoms with Gasteiger partial charge in [-0.15, -0.1) is 0 Å². The van der Waals surface area contributed by atoms with Crippen LogP contribution in [-0.4, -0.2) is 45.8 Å². The van der Waals surface area contributed by atoms with Gasteiger partial charge in [0.25, 0.3) is 5.91 Å². The maximum absolute atomic E-state index is 12.0. The van der Waals surface area contributed by atoms with Crippen LogP contribution in [0.3, 0.4) is 0 Å². The van der Waals surface area contributed by atoms with Crippen LogP contribution in [0.2, 0.25) is 0 Å². The number of carbonyl (C=O) groups excluding carboxylic acids is 1. The highest BCUT2D eigenvalue weighted by molar-refractivity contribution is 5.94. The van der Waals surface area contributed by atoms with Crippen LogP contribution in [0.25, 0.3) is 0 Å². The molecule has 5 heteroatoms. The number of hydrogen-bond acceptors (Lipinski definition) is 3. The highest BCUT2D eigenvalue weighted by Gasteiger charge is 2.25. The molecule has 0 radical (unpaired) electrons. The number of carbonyl (C=O) groups is 1. The molecule has 1 aromatic rings. The van der Waals surface area contributed by atoms with Gasteiger partial charge in [0, 0.05) is 24.8 Å². The Morgan fingerprint density at radius 3 is 3.06 bits per heavy atom. The molecule has 1 amide bonds. The molecule has 1 aliphatic carbocycles. The van der Waals surface area contributed by atoms with E-state index in [1.54, 1.807) is 14.0 Å². The topological polar surface area (TPSA) is 69.2 Å². The first-order valence-corrected chi connectivity index (χ1v) is 5.59. The molecule has 0 saturated carbocycles. The average Bonchev–Trinajstić information content (AvgIpc) is 2.75. The van der Waals surface area contributed by atoms with Gasteiger partial charge in [0.2, 0.25) is 0 Å². The van der Waals surface area contributed by atoms with Gasteiger partial charge in [-0.25, -0.2) is 0 Å². The van der Waals surface area contributed by atoms with Crippen molar-refractivity contribution in [2.24, 2.45) is 0 Å². The standard InChI is InChI=1S/C11H17N3O2/c1-7(15)6-14(2)11(16)10-8-4-3-5-9(8)12-13-10/h7,15H,3-6H2,1-2H3,(H,12,13). The maximum atomic E-state index is 12.0. The largest absolute Gasteiger partial charge is 0.392 e. The summed E-state index contributed by atoms with van der Waals surface area (Å²) in [4.78, 5) is 13.5. The number of aromatic amines is 1. The first-order chi connectivity index (χ1) is 7.59. The van der Waals surface area contributed by atoms with E-state index in [1.165, 1.54) is 4.90 Å². The van der Waals surface area contributed by atoms with Crippen molar-refractivity contribution in [1.29, 1.82) is 0 Å². The van der Waals surface area contributed by atoms with Gasteiger partial charge in [-0.1, -0.05) is 0 Å². The number of aliphatic hydroxyl groups excluding tert-OH is 1. The monoisotopic (exact) mass is 223 g/mol. The third kappa shape index (κ3) is 1.95. The molecule has 0 spiro atoms. The Bertz CT molecular complexity index is 398. The van der Waals surface area contributed by atoms with E-state index in [1.807, 2.05) is 0 Å². The van der Waals surface area contributed by atoms with Crippen LogP contribution in [-0.2, 0) is 12.8 Å². The number of nitrogens with one attached hydrogen (secondary N) is 1. The van der Waals surface area contributed by atoms with Gasteiger partial charge in [-0.2, -0.15) is 5.10 Å². The van der Waals surface area contributed by atoms with Gasteiger partial charge in [0.1, 0.15) is 0 Å². The molecule has 88 valence electrons. The predicted octanol–water partition coefficient (Wildman–Crippen LogP) is 0.351. The van der Waals surface area contributed by atoms with Crippen molar-refractivity contribution in [2.75, 3.05) is 13.6 Å². The summed E-state index contributed by atoms with van der Waals surface area (Å²) < 4.78 is 0. The lowest BCUT2D eigenvalue weighted by atomic mass is 10.2. The number of nitrogens with zero attached hydrogens (tertiary/aromatic N) is 2. The minimum absolute atomic E-state index is 0.111. The molecule has 0 aromatic carbocycles. The highest BCUT2D eigenvalue weighted by Crippen LogP contribution is 2.23. The summed E-state index contributed by atoms with van der Waals surface area (Å²) in [5.74, 6) is -0.111. The molecule has 5 nitrogen and oxygen atoms in total. The van der Waals surface area contributed by atoms with E-state index < -0.39 is 6.10 Å². The van der Waals surface area contributed by atoms with Crippen LogP contribution >= 0.6 is 0 Å². The fourth-order valence-electron chi connectivity index (χ4n) is 2.16. The summed E-state index contributed by atoms with van der Waals surface area (Å²) in [6.07, 6.45) is 2.48. The minimum Gasteiger partial charge on any atom is -0.392 e. The quantitative estimate of drug-likeness (QED) is 0.777. The van der Waals surface area contributed by atoms with Crippen molar-refractivity contribution < 1.29 is 9.90 Å². The van der Waals surface area contributed by atoms with E-state index >= 15 is 0 Å². The Labute approximate surface area is 94.5 Å². The molecular weight excluding hydrogens is 206 g/mol. The van der Waals surface area contributed by atoms with Crippen LogP contribution in [0.1, 0.15) is 35.1 Å². The van der Waals surface area contributed by atoms with E-state index in [9.17, 15) is 9.90 Å². The molecular formula is C11H17N3O2. The molecule has 1 heterocycles. The smallest absolute Gasteiger partial charge is 0.274 e. The number of rotatable bonds is 3. The predicted molar refractivity (Wildman–Crippen MR) is 59.3 cm³/mol. The summed E-state index contributed by atoms with van der Waals surface area (Å²) in [5, 5.41) is 16.2. The Morgan fingerprint density at radius 1 is 1.62 bits per heavy atom. The molecule has 0 aliphatic heterocycles. The van der Waals surface area contributed by atoms with Gasteiger partial charge < -0.3 is 10.0 Å². The molecule has 1 aliphatic rings. The van der Waals surface area contributed by atoms with Crippen molar-refractivity contribution in [3.05, 3.63) is 17.0 Å². The third-order valence-corrected chi connectivity index (χ3v) is 2.89. The zero-order chi connectivity index (χ0) is 11.7. The lowest BCUT2D eigenvalue weighted by molar-refractivity contribution is 0.0697. The number of fused-ring (bicyclic) bond motifs is 1. The first-order valence-electron chi connectivity index (χ1n) is 5.59. The summed E-state index contributed by atoms with van der Waals surface area (Å²) in [6.45, 7) is 2.00. The van der Waals surface area contributed by atoms with Gasteiger partial charge in [0.15, 0.2) is 5.69 Å². The highest BCUT2D eigenvalue weighted by atomic mass is 16.3. The summed E-state index contributed by atoms with van der Waals surface area (Å²) >= 11 is 0. The second-order valence-electron chi connectivity index (χ2n) is 4.42. The summed E-state index contributed by atoms with van der Waals surface area (Å²) in [7, 11) is 1.69. The van der Waals surface area contributed by atoms with Crippen LogP contribution in [0.15, 0.2) is 0 Å². The maximum Gasteiger partial charge on any atom is 0.274 e. The van der Waals surface area contributed by atoms with E-state index in [2.05, 4.69) is 10.2 Å². The molecule has 1 atom stereocenters. The average molecular weight is 223 g/mol. The Balaban J connectivity index is 2.15. The zero-order valence-electron chi connectivity index (χ0n) is 9.66. The van der Waals surface area contributed by atoms with Gasteiger partial charge in [-0.3, -0.25) is 9.89 Å². The van der Waals surface area contributed by atoms with Crippen LogP contribution < -0.4 is 0 Å². The fourth-order valence-corrected chi connectivity index (χ4v) is 2.16. The van der Waals surface area contributed by atoms with Crippen LogP contribution in [0.5, 0.6) is 0 Å². The zero-order valence-corrected chi connectivity index (χ0v) is 9.66. The van der Waals surface area contributed by atoms with Gasteiger partial charge in [-0.05, 0) is 26.2 Å². The normalized spacial score (nSPS) is 15.9. The summed E-state index contributed by atoms with van der Waals surface area (Å²) in [6, 6.07) is 0. The Kier molecular flexibility index (Phi) is 2.96. The van der Waals surface area contributed by atoms with E-state index in [-0.39, 0.29) is 5.91 Å². The number of aryl methyl sites for hydroxylation is 1. The molecule has 2 rings (SSSR count). The van der Waals surface area contributed by atoms with Gasteiger partial charge in [0.05, 0.1) is 6.10 Å². The number of aliphatic hydroxyl groups is 1. The molecule has 2 N–H and O–H groups in total. The van der Waals surface area contributed by atoms with E-state index in [0.29, 0.717) is 12.2 Å². The number of likely N-dealkylation sites (N-methyl/N-ethyl adjacent to an activating group) is 1. The number of aromatic nitrogens is 2. The second kappa shape index (κ2) is 4.25. The molecule has 1 aromatic heterocycles. The van der Waals surface area contributed by atoms with Crippen LogP contribution in [0, 0.1) is 0 Å². The fraction of sp³-hybridized carbons (Fsp3) is 0.636. The molecule has 1 unspecified atom stereocenters. The Morgan fingerprint density at radius 2 is 2.38 bits per heavy atom. The van der Waals surface area contributed by atoms with Crippen molar-refractivity contribution >= 4 is 5.91 Å².